The zero-order chi connectivity index (χ0) is 10.2. The van der Waals surface area contributed by atoms with Gasteiger partial charge in [0.1, 0.15) is 0 Å². The third-order valence-electron chi connectivity index (χ3n) is 2.14. The largest absolute Gasteiger partial charge is 0.374 e. The summed E-state index contributed by atoms with van der Waals surface area (Å²) in [5, 5.41) is 2.67. The lowest BCUT2D eigenvalue weighted by Crippen LogP contribution is -2.19. The van der Waals surface area contributed by atoms with E-state index in [2.05, 4.69) is 5.32 Å². The Labute approximate surface area is 81.4 Å². The topological polar surface area (TPSA) is 69.6 Å². The molecule has 74 valence electrons. The molecule has 0 aliphatic carbocycles. The normalized spacial score (nSPS) is 20.0. The smallest absolute Gasteiger partial charge is 0.352 e. The molecule has 2 rings (SSSR count). The summed E-state index contributed by atoms with van der Waals surface area (Å²) < 4.78 is 11.1. The summed E-state index contributed by atoms with van der Waals surface area (Å²) in [6.07, 6.45) is 3.35. The Bertz CT molecular complexity index is 424. The summed E-state index contributed by atoms with van der Waals surface area (Å²) in [6, 6.07) is 7.15. The second kappa shape index (κ2) is 3.24. The van der Waals surface area contributed by atoms with Crippen LogP contribution in [0.15, 0.2) is 30.5 Å². The maximum Gasteiger partial charge on any atom is 0.352 e. The molecule has 1 atom stereocenters. The van der Waals surface area contributed by atoms with Gasteiger partial charge < -0.3 is 15.1 Å². The lowest BCUT2D eigenvalue weighted by molar-refractivity contribution is 0.353. The molecule has 1 aromatic rings. The zero-order valence-corrected chi connectivity index (χ0v) is 8.19. The maximum absolute atomic E-state index is 11.1. The molecule has 0 radical (unpaired) electrons. The molecular weight excluding hydrogens is 201 g/mol. The number of hydrogen-bond donors (Lipinski definition) is 3. The number of benzene rings is 1. The number of nitrogens with one attached hydrogen (secondary N) is 1. The van der Waals surface area contributed by atoms with Crippen molar-refractivity contribution in [1.82, 2.24) is 5.32 Å². The molecule has 1 heterocycles. The highest BCUT2D eigenvalue weighted by atomic mass is 31.2. The van der Waals surface area contributed by atoms with Crippen molar-refractivity contribution < 1.29 is 14.4 Å². The molecule has 3 N–H and O–H groups in total. The Hall–Kier alpha value is -1.09. The van der Waals surface area contributed by atoms with Crippen LogP contribution in [-0.2, 0) is 4.57 Å². The monoisotopic (exact) mass is 211 g/mol. The molecule has 0 aromatic heterocycles. The molecule has 1 aliphatic heterocycles. The van der Waals surface area contributed by atoms with Crippen molar-refractivity contribution in [3.8, 4) is 0 Å². The van der Waals surface area contributed by atoms with Crippen molar-refractivity contribution in [3.05, 3.63) is 41.6 Å². The lowest BCUT2D eigenvalue weighted by atomic mass is 10.1. The van der Waals surface area contributed by atoms with Crippen LogP contribution in [0.3, 0.4) is 0 Å². The van der Waals surface area contributed by atoms with Gasteiger partial charge in [0.25, 0.3) is 0 Å². The van der Waals surface area contributed by atoms with E-state index < -0.39 is 13.4 Å². The molecule has 1 aliphatic rings. The highest BCUT2D eigenvalue weighted by molar-refractivity contribution is 7.52. The van der Waals surface area contributed by atoms with Crippen LogP contribution in [0.1, 0.15) is 16.9 Å². The number of fused-ring (bicyclic) bond motifs is 1. The summed E-state index contributed by atoms with van der Waals surface area (Å²) in [6.45, 7) is 0. The summed E-state index contributed by atoms with van der Waals surface area (Å²) in [7, 11) is -4.14. The first-order valence-corrected chi connectivity index (χ1v) is 5.84. The second-order valence-corrected chi connectivity index (χ2v) is 4.82. The third kappa shape index (κ3) is 1.60. The molecule has 1 aromatic carbocycles. The van der Waals surface area contributed by atoms with Crippen molar-refractivity contribution >= 4 is 13.7 Å². The van der Waals surface area contributed by atoms with E-state index in [1.165, 1.54) is 0 Å². The van der Waals surface area contributed by atoms with E-state index in [0.29, 0.717) is 5.56 Å². The molecule has 0 amide bonds. The first kappa shape index (κ1) is 9.46. The Balaban J connectivity index is 2.51. The maximum atomic E-state index is 11.1. The molecule has 0 saturated carbocycles. The van der Waals surface area contributed by atoms with E-state index in [1.54, 1.807) is 24.4 Å². The van der Waals surface area contributed by atoms with Gasteiger partial charge >= 0.3 is 7.60 Å². The minimum absolute atomic E-state index is 0.642. The van der Waals surface area contributed by atoms with Gasteiger partial charge in [-0.05, 0) is 23.4 Å². The lowest BCUT2D eigenvalue weighted by Gasteiger charge is -2.23. The van der Waals surface area contributed by atoms with Crippen molar-refractivity contribution in [2.75, 3.05) is 0 Å². The standard InChI is InChI=1S/C9H10NO3P/c11-14(12,13)9-8-4-2-1-3-7(8)5-6-10-9/h1-6,9-10H,(H2,11,12,13). The van der Waals surface area contributed by atoms with Crippen LogP contribution in [0, 0.1) is 0 Å². The highest BCUT2D eigenvalue weighted by Gasteiger charge is 2.32. The van der Waals surface area contributed by atoms with Gasteiger partial charge in [-0.2, -0.15) is 0 Å². The van der Waals surface area contributed by atoms with E-state index in [-0.39, 0.29) is 0 Å². The van der Waals surface area contributed by atoms with Gasteiger partial charge in [-0.3, -0.25) is 4.57 Å². The Kier molecular flexibility index (Phi) is 2.19. The number of hydrogen-bond acceptors (Lipinski definition) is 2. The summed E-state index contributed by atoms with van der Waals surface area (Å²) >= 11 is 0. The molecule has 14 heavy (non-hydrogen) atoms. The molecule has 0 saturated heterocycles. The van der Waals surface area contributed by atoms with E-state index in [0.717, 1.165) is 5.56 Å². The third-order valence-corrected chi connectivity index (χ3v) is 3.24. The second-order valence-electron chi connectivity index (χ2n) is 3.12. The van der Waals surface area contributed by atoms with Gasteiger partial charge in [-0.15, -0.1) is 0 Å². The summed E-state index contributed by atoms with van der Waals surface area (Å²) in [4.78, 5) is 18.2. The van der Waals surface area contributed by atoms with Crippen LogP contribution in [0.5, 0.6) is 0 Å². The molecule has 0 fully saturated rings. The fourth-order valence-corrected chi connectivity index (χ4v) is 2.39. The average molecular weight is 211 g/mol. The predicted octanol–water partition coefficient (Wildman–Crippen LogP) is 1.44. The van der Waals surface area contributed by atoms with E-state index in [4.69, 9.17) is 9.79 Å². The van der Waals surface area contributed by atoms with Crippen molar-refractivity contribution in [2.24, 2.45) is 0 Å². The van der Waals surface area contributed by atoms with Crippen molar-refractivity contribution in [2.45, 2.75) is 5.78 Å². The first-order valence-electron chi connectivity index (χ1n) is 4.16. The van der Waals surface area contributed by atoms with Crippen LogP contribution < -0.4 is 5.32 Å². The quantitative estimate of drug-likeness (QED) is 0.614. The zero-order valence-electron chi connectivity index (χ0n) is 7.29. The van der Waals surface area contributed by atoms with E-state index >= 15 is 0 Å². The van der Waals surface area contributed by atoms with Gasteiger partial charge in [-0.25, -0.2) is 0 Å². The van der Waals surface area contributed by atoms with Gasteiger partial charge in [-0.1, -0.05) is 24.3 Å². The Morgan fingerprint density at radius 3 is 2.71 bits per heavy atom. The predicted molar refractivity (Wildman–Crippen MR) is 53.4 cm³/mol. The van der Waals surface area contributed by atoms with Gasteiger partial charge in [0.15, 0.2) is 5.78 Å². The molecule has 1 unspecified atom stereocenters. The fourth-order valence-electron chi connectivity index (χ4n) is 1.51. The molecule has 0 bridgehead atoms. The fraction of sp³-hybridized carbons (Fsp3) is 0.111. The average Bonchev–Trinajstić information content (AvgIpc) is 2.15. The van der Waals surface area contributed by atoms with Crippen LogP contribution in [0.25, 0.3) is 6.08 Å². The van der Waals surface area contributed by atoms with Crippen molar-refractivity contribution in [3.63, 3.8) is 0 Å². The van der Waals surface area contributed by atoms with Gasteiger partial charge in [0, 0.05) is 0 Å². The first-order chi connectivity index (χ1) is 6.59. The van der Waals surface area contributed by atoms with Crippen molar-refractivity contribution in [1.29, 1.82) is 0 Å². The van der Waals surface area contributed by atoms with E-state index in [1.807, 2.05) is 12.1 Å². The van der Waals surface area contributed by atoms with Crippen LogP contribution in [0.2, 0.25) is 0 Å². The Morgan fingerprint density at radius 1 is 1.29 bits per heavy atom. The SMILES string of the molecule is O=P(O)(O)C1NC=Cc2ccccc21. The van der Waals surface area contributed by atoms with Crippen LogP contribution >= 0.6 is 7.60 Å². The van der Waals surface area contributed by atoms with Gasteiger partial charge in [0.05, 0.1) is 0 Å². The molecule has 4 nitrogen and oxygen atoms in total. The van der Waals surface area contributed by atoms with Crippen LogP contribution in [0.4, 0.5) is 0 Å². The Morgan fingerprint density at radius 2 is 2.00 bits per heavy atom. The van der Waals surface area contributed by atoms with Gasteiger partial charge in [0.2, 0.25) is 0 Å². The summed E-state index contributed by atoms with van der Waals surface area (Å²) in [5.74, 6) is -0.913. The number of rotatable bonds is 1. The minimum Gasteiger partial charge on any atom is -0.374 e. The van der Waals surface area contributed by atoms with Crippen LogP contribution in [-0.4, -0.2) is 9.79 Å². The summed E-state index contributed by atoms with van der Waals surface area (Å²) in [5.41, 5.74) is 1.49. The minimum atomic E-state index is -4.14. The van der Waals surface area contributed by atoms with E-state index in [9.17, 15) is 4.57 Å². The molecule has 0 spiro atoms. The molecule has 5 heteroatoms. The molecular formula is C9H10NO3P. The highest BCUT2D eigenvalue weighted by Crippen LogP contribution is 2.51.